The van der Waals surface area contributed by atoms with E-state index >= 15 is 0 Å². The van der Waals surface area contributed by atoms with Gasteiger partial charge in [-0.25, -0.2) is 15.0 Å². The molecule has 7 rings (SSSR count). The maximum Gasteiger partial charge on any atom is 2.00 e. The molecule has 0 radical (unpaired) electrons. The Labute approximate surface area is 231 Å². The summed E-state index contributed by atoms with van der Waals surface area (Å²) in [7, 11) is 0. The molecule has 0 saturated heterocycles. The van der Waals surface area contributed by atoms with Crippen LogP contribution in [0.4, 0.5) is 0 Å². The second-order valence-electron chi connectivity index (χ2n) is 8.73. The van der Waals surface area contributed by atoms with E-state index in [2.05, 4.69) is 4.98 Å². The molecule has 0 amide bonds. The van der Waals surface area contributed by atoms with E-state index in [0.717, 1.165) is 39.2 Å². The van der Waals surface area contributed by atoms with Crippen molar-refractivity contribution < 1.29 is 29.0 Å². The van der Waals surface area contributed by atoms with Crippen LogP contribution in [0.15, 0.2) is 129 Å². The summed E-state index contributed by atoms with van der Waals surface area (Å²) >= 11 is 0. The molecular formula is C31H18N4O2Zn. The number of oxazole rings is 1. The molecule has 0 N–H and O–H groups in total. The van der Waals surface area contributed by atoms with Crippen LogP contribution >= 0.6 is 0 Å². The van der Waals surface area contributed by atoms with Crippen molar-refractivity contribution in [3.8, 4) is 5.95 Å². The molecule has 5 heterocycles. The van der Waals surface area contributed by atoms with Crippen molar-refractivity contribution in [3.05, 3.63) is 148 Å². The number of rotatable bonds is 2. The van der Waals surface area contributed by atoms with Gasteiger partial charge in [-0.05, 0) is 53.2 Å². The summed E-state index contributed by atoms with van der Waals surface area (Å²) in [4.78, 5) is 19.1. The maximum absolute atomic E-state index is 12.8. The van der Waals surface area contributed by atoms with Crippen LogP contribution in [0, 0.1) is 0 Å². The minimum Gasteiger partial charge on any atom is -0.657 e. The second kappa shape index (κ2) is 9.69. The molecule has 38 heavy (non-hydrogen) atoms. The van der Waals surface area contributed by atoms with E-state index in [1.807, 2.05) is 103 Å². The normalized spacial score (nSPS) is 15.6. The molecule has 0 aliphatic carbocycles. The van der Waals surface area contributed by atoms with E-state index in [1.165, 1.54) is 0 Å². The molecule has 3 aliphatic heterocycles. The van der Waals surface area contributed by atoms with Gasteiger partial charge in [0, 0.05) is 5.57 Å². The summed E-state index contributed by atoms with van der Waals surface area (Å²) in [5.74, 6) is -0.305. The monoisotopic (exact) mass is 542 g/mol. The largest absolute Gasteiger partial charge is 2.00 e. The summed E-state index contributed by atoms with van der Waals surface area (Å²) in [6.45, 7) is 0. The second-order valence-corrected chi connectivity index (χ2v) is 8.73. The molecule has 0 fully saturated rings. The zero-order chi connectivity index (χ0) is 24.8. The first-order valence-electron chi connectivity index (χ1n) is 11.9. The van der Waals surface area contributed by atoms with Crippen molar-refractivity contribution in [1.29, 1.82) is 0 Å². The van der Waals surface area contributed by atoms with Crippen LogP contribution in [-0.2, 0) is 19.5 Å². The van der Waals surface area contributed by atoms with Gasteiger partial charge in [0.05, 0.1) is 34.5 Å². The Morgan fingerprint density at radius 2 is 1.45 bits per heavy atom. The SMILES string of the molecule is [O-]c1oc2nc1C=c1ccc([n-]1)=C(c1ccccc1)C1=NC(=CC3=NC(=C2c2ccccc2)C=C3)C=C1.[Zn+2]. The molecule has 8 bridgehead atoms. The Hall–Kier alpha value is -4.61. The number of hydrogen-bond donors (Lipinski definition) is 0. The Balaban J connectivity index is 0.00000264. The molecule has 0 unspecified atom stereocenters. The average molecular weight is 544 g/mol. The van der Waals surface area contributed by atoms with Crippen LogP contribution in [0.1, 0.15) is 22.7 Å². The van der Waals surface area contributed by atoms with Gasteiger partial charge in [0.2, 0.25) is 0 Å². The van der Waals surface area contributed by atoms with Crippen molar-refractivity contribution >= 4 is 28.6 Å². The van der Waals surface area contributed by atoms with E-state index in [1.54, 1.807) is 6.08 Å². The van der Waals surface area contributed by atoms with E-state index in [0.29, 0.717) is 16.6 Å². The molecule has 6 nitrogen and oxygen atoms in total. The Morgan fingerprint density at radius 1 is 0.711 bits per heavy atom. The first-order valence-corrected chi connectivity index (χ1v) is 11.9. The minimum absolute atomic E-state index is 0. The number of aliphatic imine (C=N–C) groups is 2. The molecule has 4 aromatic rings. The standard InChI is InChI=1S/C31H19N4O2.Zn/c36-31-27-18-23-13-15-25(34-23)28(19-7-3-1-4-8-19)24-14-11-21(32-24)17-22-12-16-26(33-22)29(30(35-27)37-31)20-9-5-2-6-10-20;/h1-18H,(H-,32,33,34,35,36);/q-1;+2/p-1. The quantitative estimate of drug-likeness (QED) is 0.363. The van der Waals surface area contributed by atoms with E-state index in [4.69, 9.17) is 19.4 Å². The number of hydrogen-bond acceptors (Lipinski definition) is 5. The summed E-state index contributed by atoms with van der Waals surface area (Å²) in [5, 5.41) is 14.2. The molecule has 2 aromatic carbocycles. The third-order valence-corrected chi connectivity index (χ3v) is 6.29. The molecule has 2 aromatic heterocycles. The van der Waals surface area contributed by atoms with E-state index < -0.39 is 5.95 Å². The smallest absolute Gasteiger partial charge is 0.657 e. The predicted octanol–water partition coefficient (Wildman–Crippen LogP) is 3.41. The maximum atomic E-state index is 12.8. The zero-order valence-corrected chi connectivity index (χ0v) is 23.2. The molecule has 7 heteroatoms. The third kappa shape index (κ3) is 4.27. The Morgan fingerprint density at radius 3 is 2.21 bits per heavy atom. The zero-order valence-electron chi connectivity index (χ0n) is 20.2. The molecule has 176 valence electrons. The topological polar surface area (TPSA) is 87.9 Å². The van der Waals surface area contributed by atoms with Crippen molar-refractivity contribution in [2.24, 2.45) is 9.98 Å². The van der Waals surface area contributed by atoms with E-state index in [-0.39, 0.29) is 31.1 Å². The fourth-order valence-electron chi connectivity index (χ4n) is 4.62. The summed E-state index contributed by atoms with van der Waals surface area (Å²) in [6, 6.07) is 23.5. The summed E-state index contributed by atoms with van der Waals surface area (Å²) in [5.41, 5.74) is 6.61. The number of fused-ring (bicyclic) bond motifs is 6. The van der Waals surface area contributed by atoms with Gasteiger partial charge < -0.3 is 14.5 Å². The van der Waals surface area contributed by atoms with Gasteiger partial charge in [-0.15, -0.1) is 10.7 Å². The molecular weight excluding hydrogens is 526 g/mol. The van der Waals surface area contributed by atoms with Gasteiger partial charge in [-0.3, -0.25) is 0 Å². The Kier molecular flexibility index (Phi) is 6.06. The number of allylic oxidation sites excluding steroid dienone is 5. The fraction of sp³-hybridized carbons (Fsp3) is 0. The summed E-state index contributed by atoms with van der Waals surface area (Å²) < 4.78 is 5.66. The number of benzene rings is 2. The van der Waals surface area contributed by atoms with Gasteiger partial charge >= 0.3 is 19.5 Å². The van der Waals surface area contributed by atoms with Gasteiger partial charge in [0.15, 0.2) is 0 Å². The summed E-state index contributed by atoms with van der Waals surface area (Å²) in [6.07, 6.45) is 11.4. The fourth-order valence-corrected chi connectivity index (χ4v) is 4.62. The van der Waals surface area contributed by atoms with Crippen molar-refractivity contribution in [2.45, 2.75) is 0 Å². The van der Waals surface area contributed by atoms with Gasteiger partial charge in [0.1, 0.15) is 5.89 Å². The van der Waals surface area contributed by atoms with Crippen molar-refractivity contribution in [3.63, 3.8) is 0 Å². The number of aromatic nitrogens is 2. The number of nitrogens with zero attached hydrogens (tertiary/aromatic N) is 4. The molecule has 0 saturated carbocycles. The van der Waals surface area contributed by atoms with Crippen LogP contribution in [0.25, 0.3) is 17.2 Å². The van der Waals surface area contributed by atoms with Gasteiger partial charge in [0.25, 0.3) is 0 Å². The Bertz CT molecular complexity index is 1870. The third-order valence-electron chi connectivity index (χ3n) is 6.29. The van der Waals surface area contributed by atoms with Crippen LogP contribution < -0.4 is 20.8 Å². The van der Waals surface area contributed by atoms with Crippen LogP contribution in [0.5, 0.6) is 5.95 Å². The molecule has 3 aliphatic rings. The van der Waals surface area contributed by atoms with E-state index in [9.17, 15) is 5.11 Å². The average Bonchev–Trinajstić information content (AvgIpc) is 3.72. The first kappa shape index (κ1) is 23.8. The predicted molar refractivity (Wildman–Crippen MR) is 141 cm³/mol. The minimum atomic E-state index is -0.523. The van der Waals surface area contributed by atoms with Crippen molar-refractivity contribution in [1.82, 2.24) is 9.97 Å². The van der Waals surface area contributed by atoms with Gasteiger partial charge in [-0.1, -0.05) is 72.8 Å². The van der Waals surface area contributed by atoms with Crippen LogP contribution in [0.2, 0.25) is 0 Å². The molecule has 0 spiro atoms. The van der Waals surface area contributed by atoms with Crippen LogP contribution in [0.3, 0.4) is 0 Å². The molecule has 0 atom stereocenters. The van der Waals surface area contributed by atoms with Crippen molar-refractivity contribution in [2.75, 3.05) is 0 Å². The van der Waals surface area contributed by atoms with Gasteiger partial charge in [-0.2, -0.15) is 0 Å². The van der Waals surface area contributed by atoms with Crippen LogP contribution in [-0.4, -0.2) is 16.4 Å². The first-order chi connectivity index (χ1) is 18.2.